The van der Waals surface area contributed by atoms with Crippen molar-refractivity contribution in [2.45, 2.75) is 36.6 Å². The number of thioether (sulfide) groups is 1. The molecular formula is C13H19ClN2OS. The van der Waals surface area contributed by atoms with Gasteiger partial charge in [-0.3, -0.25) is 0 Å². The third kappa shape index (κ3) is 2.76. The molecule has 100 valence electrons. The summed E-state index contributed by atoms with van der Waals surface area (Å²) < 4.78 is 0. The molecule has 1 fully saturated rings. The van der Waals surface area contributed by atoms with E-state index in [9.17, 15) is 5.11 Å². The van der Waals surface area contributed by atoms with Crippen LogP contribution in [0.5, 0.6) is 5.88 Å². The Labute approximate surface area is 118 Å². The number of nitrogens with one attached hydrogen (secondary N) is 1. The second-order valence-corrected chi connectivity index (χ2v) is 5.93. The topological polar surface area (TPSA) is 45.2 Å². The largest absolute Gasteiger partial charge is 0.493 e. The summed E-state index contributed by atoms with van der Waals surface area (Å²) in [6.07, 6.45) is 4.58. The monoisotopic (exact) mass is 286 g/mol. The van der Waals surface area contributed by atoms with Crippen molar-refractivity contribution in [2.24, 2.45) is 0 Å². The first-order valence-electron chi connectivity index (χ1n) is 6.41. The summed E-state index contributed by atoms with van der Waals surface area (Å²) in [4.78, 5) is 4.39. The predicted octanol–water partition coefficient (Wildman–Crippen LogP) is 2.71. The third-order valence-electron chi connectivity index (χ3n) is 3.68. The van der Waals surface area contributed by atoms with Crippen molar-refractivity contribution >= 4 is 24.2 Å². The van der Waals surface area contributed by atoms with E-state index in [2.05, 4.69) is 16.4 Å². The molecule has 0 atom stereocenters. The van der Waals surface area contributed by atoms with Crippen LogP contribution < -0.4 is 5.32 Å². The molecule has 0 saturated carbocycles. The van der Waals surface area contributed by atoms with Crippen molar-refractivity contribution in [2.75, 3.05) is 18.8 Å². The highest BCUT2D eigenvalue weighted by Gasteiger charge is 2.22. The molecule has 0 unspecified atom stereocenters. The summed E-state index contributed by atoms with van der Waals surface area (Å²) in [6, 6.07) is 2.21. The van der Waals surface area contributed by atoms with E-state index in [4.69, 9.17) is 0 Å². The van der Waals surface area contributed by atoms with Crippen LogP contribution in [0.15, 0.2) is 11.1 Å². The Morgan fingerprint density at radius 2 is 2.11 bits per heavy atom. The highest BCUT2D eigenvalue weighted by atomic mass is 35.5. The summed E-state index contributed by atoms with van der Waals surface area (Å²) >= 11 is 1.77. The van der Waals surface area contributed by atoms with Crippen molar-refractivity contribution in [1.82, 2.24) is 10.3 Å². The number of rotatable bonds is 1. The van der Waals surface area contributed by atoms with E-state index in [1.165, 1.54) is 12.0 Å². The van der Waals surface area contributed by atoms with Gasteiger partial charge in [-0.05, 0) is 62.1 Å². The van der Waals surface area contributed by atoms with Gasteiger partial charge in [-0.25, -0.2) is 4.98 Å². The number of hydrogen-bond donors (Lipinski definition) is 2. The number of aromatic nitrogens is 1. The highest BCUT2D eigenvalue weighted by molar-refractivity contribution is 7.99. The molecular weight excluding hydrogens is 268 g/mol. The van der Waals surface area contributed by atoms with Gasteiger partial charge in [0.25, 0.3) is 0 Å². The Hall–Kier alpha value is -0.450. The molecule has 0 radical (unpaired) electrons. The molecule has 0 spiro atoms. The van der Waals surface area contributed by atoms with Crippen LogP contribution >= 0.6 is 24.2 Å². The summed E-state index contributed by atoms with van der Waals surface area (Å²) in [5.74, 6) is 1.89. The zero-order valence-electron chi connectivity index (χ0n) is 10.3. The van der Waals surface area contributed by atoms with Gasteiger partial charge in [-0.1, -0.05) is 0 Å². The van der Waals surface area contributed by atoms with E-state index in [0.29, 0.717) is 5.92 Å². The minimum absolute atomic E-state index is 0. The number of nitrogens with zero attached hydrogens (tertiary/aromatic N) is 1. The fraction of sp³-hybridized carbons (Fsp3) is 0.615. The molecule has 0 amide bonds. The zero-order valence-corrected chi connectivity index (χ0v) is 11.9. The average Bonchev–Trinajstić information content (AvgIpc) is 2.39. The number of aromatic hydroxyl groups is 1. The van der Waals surface area contributed by atoms with Crippen molar-refractivity contribution in [1.29, 1.82) is 0 Å². The van der Waals surface area contributed by atoms with Gasteiger partial charge in [-0.2, -0.15) is 0 Å². The molecule has 3 rings (SSSR count). The van der Waals surface area contributed by atoms with Gasteiger partial charge in [0.1, 0.15) is 5.03 Å². The summed E-state index contributed by atoms with van der Waals surface area (Å²) in [5.41, 5.74) is 2.42. The lowest BCUT2D eigenvalue weighted by molar-refractivity contribution is 0.407. The number of halogens is 1. The van der Waals surface area contributed by atoms with Crippen LogP contribution in [0.2, 0.25) is 0 Å². The van der Waals surface area contributed by atoms with Gasteiger partial charge in [0, 0.05) is 5.56 Å². The number of hydrogen-bond acceptors (Lipinski definition) is 4. The molecule has 2 aliphatic rings. The molecule has 3 heterocycles. The van der Waals surface area contributed by atoms with Gasteiger partial charge in [-0.15, -0.1) is 24.2 Å². The van der Waals surface area contributed by atoms with E-state index in [-0.39, 0.29) is 18.3 Å². The lowest BCUT2D eigenvalue weighted by atomic mass is 9.90. The maximum Gasteiger partial charge on any atom is 0.215 e. The van der Waals surface area contributed by atoms with Gasteiger partial charge >= 0.3 is 0 Å². The maximum absolute atomic E-state index is 10.1. The van der Waals surface area contributed by atoms with Crippen LogP contribution in [0.3, 0.4) is 0 Å². The first-order valence-corrected chi connectivity index (χ1v) is 7.39. The average molecular weight is 287 g/mol. The Morgan fingerprint density at radius 3 is 2.89 bits per heavy atom. The molecule has 0 aromatic carbocycles. The van der Waals surface area contributed by atoms with E-state index >= 15 is 0 Å². The summed E-state index contributed by atoms with van der Waals surface area (Å²) in [7, 11) is 0. The Balaban J connectivity index is 0.00000120. The zero-order chi connectivity index (χ0) is 11.7. The SMILES string of the molecule is Cl.Oc1nc2c(cc1C1CCNCC1)CCCS2. The van der Waals surface area contributed by atoms with E-state index in [1.807, 2.05) is 0 Å². The Bertz CT molecular complexity index is 422. The highest BCUT2D eigenvalue weighted by Crippen LogP contribution is 2.37. The molecule has 2 N–H and O–H groups in total. The fourth-order valence-electron chi connectivity index (χ4n) is 2.72. The fourth-order valence-corrected chi connectivity index (χ4v) is 3.69. The molecule has 1 saturated heterocycles. The van der Waals surface area contributed by atoms with Crippen molar-refractivity contribution in [3.63, 3.8) is 0 Å². The number of aryl methyl sites for hydroxylation is 1. The number of piperidine rings is 1. The third-order valence-corrected chi connectivity index (χ3v) is 4.80. The van der Waals surface area contributed by atoms with Crippen LogP contribution in [0.1, 0.15) is 36.3 Å². The molecule has 5 heteroatoms. The van der Waals surface area contributed by atoms with E-state index in [1.54, 1.807) is 11.8 Å². The van der Waals surface area contributed by atoms with Gasteiger partial charge in [0.15, 0.2) is 0 Å². The van der Waals surface area contributed by atoms with Crippen molar-refractivity contribution in [3.05, 3.63) is 17.2 Å². The molecule has 1 aromatic heterocycles. The summed E-state index contributed by atoms with van der Waals surface area (Å²) in [5, 5.41) is 14.5. The van der Waals surface area contributed by atoms with Crippen LogP contribution in [0, 0.1) is 0 Å². The predicted molar refractivity (Wildman–Crippen MR) is 77.0 cm³/mol. The van der Waals surface area contributed by atoms with E-state index in [0.717, 1.165) is 48.7 Å². The lowest BCUT2D eigenvalue weighted by Gasteiger charge is -2.25. The minimum atomic E-state index is 0. The molecule has 1 aromatic rings. The molecule has 0 aliphatic carbocycles. The molecule has 2 aliphatic heterocycles. The lowest BCUT2D eigenvalue weighted by Crippen LogP contribution is -2.26. The van der Waals surface area contributed by atoms with Crippen LogP contribution in [-0.4, -0.2) is 28.9 Å². The van der Waals surface area contributed by atoms with Crippen LogP contribution in [0.4, 0.5) is 0 Å². The second kappa shape index (κ2) is 6.13. The van der Waals surface area contributed by atoms with Gasteiger partial charge in [0.2, 0.25) is 5.88 Å². The van der Waals surface area contributed by atoms with Crippen molar-refractivity contribution in [3.8, 4) is 5.88 Å². The maximum atomic E-state index is 10.1. The van der Waals surface area contributed by atoms with Crippen LogP contribution in [0.25, 0.3) is 0 Å². The van der Waals surface area contributed by atoms with Crippen molar-refractivity contribution < 1.29 is 5.11 Å². The standard InChI is InChI=1S/C13H18N2OS.ClH/c16-12-11(9-3-5-14-6-4-9)8-10-2-1-7-17-13(10)15-12;/h8-9,14H,1-7H2,(H,15,16);1H. The smallest absolute Gasteiger partial charge is 0.215 e. The van der Waals surface area contributed by atoms with Gasteiger partial charge < -0.3 is 10.4 Å². The van der Waals surface area contributed by atoms with E-state index < -0.39 is 0 Å². The Kier molecular flexibility index (Phi) is 4.76. The quantitative estimate of drug-likeness (QED) is 0.833. The number of fused-ring (bicyclic) bond motifs is 1. The number of pyridine rings is 1. The van der Waals surface area contributed by atoms with Crippen LogP contribution in [-0.2, 0) is 6.42 Å². The molecule has 0 bridgehead atoms. The first kappa shape index (κ1) is 14.0. The second-order valence-electron chi connectivity index (χ2n) is 4.84. The first-order chi connectivity index (χ1) is 8.34. The normalized spacial score (nSPS) is 20.0. The molecule has 3 nitrogen and oxygen atoms in total. The Morgan fingerprint density at radius 1 is 1.33 bits per heavy atom. The van der Waals surface area contributed by atoms with Gasteiger partial charge in [0.05, 0.1) is 0 Å². The summed E-state index contributed by atoms with van der Waals surface area (Å²) in [6.45, 7) is 2.10. The molecule has 18 heavy (non-hydrogen) atoms. The minimum Gasteiger partial charge on any atom is -0.493 e.